The third-order valence-corrected chi connectivity index (χ3v) is 4.23. The van der Waals surface area contributed by atoms with Crippen LogP contribution < -0.4 is 0 Å². The molecular formula is C15H30O. The van der Waals surface area contributed by atoms with Gasteiger partial charge in [-0.15, -0.1) is 0 Å². The quantitative estimate of drug-likeness (QED) is 0.591. The molecule has 16 heavy (non-hydrogen) atoms. The van der Waals surface area contributed by atoms with Crippen LogP contribution in [0.5, 0.6) is 0 Å². The Balaban J connectivity index is 2.21. The molecule has 0 aromatic carbocycles. The minimum atomic E-state index is 0.194. The van der Waals surface area contributed by atoms with Crippen LogP contribution in [0.4, 0.5) is 0 Å². The van der Waals surface area contributed by atoms with E-state index in [1.807, 2.05) is 0 Å². The van der Waals surface area contributed by atoms with Crippen molar-refractivity contribution >= 4 is 0 Å². The Labute approximate surface area is 102 Å². The lowest BCUT2D eigenvalue weighted by Gasteiger charge is -2.38. The number of hydrogen-bond acceptors (Lipinski definition) is 1. The Morgan fingerprint density at radius 1 is 1.19 bits per heavy atom. The fourth-order valence-corrected chi connectivity index (χ4v) is 2.73. The molecular weight excluding hydrogens is 196 g/mol. The zero-order chi connectivity index (χ0) is 12.0. The molecule has 0 bridgehead atoms. The van der Waals surface area contributed by atoms with Gasteiger partial charge in [-0.3, -0.25) is 0 Å². The fraction of sp³-hybridized carbons (Fsp3) is 1.00. The summed E-state index contributed by atoms with van der Waals surface area (Å²) in [4.78, 5) is 0. The second-order valence-corrected chi connectivity index (χ2v) is 6.09. The van der Waals surface area contributed by atoms with E-state index in [4.69, 9.17) is 4.74 Å². The van der Waals surface area contributed by atoms with Crippen LogP contribution in [0.25, 0.3) is 0 Å². The van der Waals surface area contributed by atoms with Crippen LogP contribution in [-0.4, -0.2) is 12.2 Å². The third-order valence-electron chi connectivity index (χ3n) is 4.23. The minimum Gasteiger partial charge on any atom is -0.375 e. The lowest BCUT2D eigenvalue weighted by molar-refractivity contribution is -0.0689. The first kappa shape index (κ1) is 14.0. The zero-order valence-corrected chi connectivity index (χ0v) is 11.7. The Bertz CT molecular complexity index is 178. The Morgan fingerprint density at radius 3 is 2.31 bits per heavy atom. The molecule has 1 aliphatic carbocycles. The van der Waals surface area contributed by atoms with Crippen LogP contribution in [0.2, 0.25) is 0 Å². The zero-order valence-electron chi connectivity index (χ0n) is 11.7. The van der Waals surface area contributed by atoms with E-state index in [-0.39, 0.29) is 5.60 Å². The van der Waals surface area contributed by atoms with E-state index in [9.17, 15) is 0 Å². The molecule has 96 valence electrons. The van der Waals surface area contributed by atoms with Crippen molar-refractivity contribution in [3.05, 3.63) is 0 Å². The molecule has 0 unspecified atom stereocenters. The molecule has 1 fully saturated rings. The van der Waals surface area contributed by atoms with Gasteiger partial charge in [-0.1, -0.05) is 33.6 Å². The molecule has 0 radical (unpaired) electrons. The van der Waals surface area contributed by atoms with Crippen molar-refractivity contribution < 1.29 is 4.74 Å². The molecule has 0 atom stereocenters. The lowest BCUT2D eigenvalue weighted by atomic mass is 9.75. The van der Waals surface area contributed by atoms with E-state index in [0.717, 1.165) is 18.4 Å². The highest BCUT2D eigenvalue weighted by atomic mass is 16.5. The summed E-state index contributed by atoms with van der Waals surface area (Å²) >= 11 is 0. The number of unbranched alkanes of at least 4 members (excludes halogenated alkanes) is 2. The summed E-state index contributed by atoms with van der Waals surface area (Å²) < 4.78 is 6.10. The fourth-order valence-electron chi connectivity index (χ4n) is 2.73. The minimum absolute atomic E-state index is 0.194. The predicted octanol–water partition coefficient (Wildman–Crippen LogP) is 4.80. The highest BCUT2D eigenvalue weighted by Gasteiger charge is 2.32. The summed E-state index contributed by atoms with van der Waals surface area (Å²) in [6.07, 6.45) is 9.09. The molecule has 0 aliphatic heterocycles. The first-order valence-electron chi connectivity index (χ1n) is 7.21. The SMILES string of the molecule is CCCCCOC1(C)CCC(C(C)C)CC1. The molecule has 0 aromatic rings. The molecule has 0 aromatic heterocycles. The Hall–Kier alpha value is -0.0400. The van der Waals surface area contributed by atoms with Gasteiger partial charge >= 0.3 is 0 Å². The molecule has 0 amide bonds. The molecule has 0 N–H and O–H groups in total. The van der Waals surface area contributed by atoms with Crippen molar-refractivity contribution in [1.82, 2.24) is 0 Å². The van der Waals surface area contributed by atoms with Crippen LogP contribution in [0.3, 0.4) is 0 Å². The van der Waals surface area contributed by atoms with Gasteiger partial charge in [0, 0.05) is 6.61 Å². The van der Waals surface area contributed by atoms with Crippen LogP contribution in [0.1, 0.15) is 72.6 Å². The summed E-state index contributed by atoms with van der Waals surface area (Å²) in [6.45, 7) is 10.2. The molecule has 0 spiro atoms. The third kappa shape index (κ3) is 4.45. The summed E-state index contributed by atoms with van der Waals surface area (Å²) in [5.74, 6) is 1.79. The van der Waals surface area contributed by atoms with E-state index in [1.165, 1.54) is 44.9 Å². The maximum atomic E-state index is 6.10. The summed E-state index contributed by atoms with van der Waals surface area (Å²) in [5.41, 5.74) is 0.194. The average Bonchev–Trinajstić information content (AvgIpc) is 2.25. The van der Waals surface area contributed by atoms with E-state index < -0.39 is 0 Å². The average molecular weight is 226 g/mol. The highest BCUT2D eigenvalue weighted by molar-refractivity contribution is 4.84. The molecule has 1 saturated carbocycles. The van der Waals surface area contributed by atoms with E-state index in [0.29, 0.717) is 0 Å². The maximum absolute atomic E-state index is 6.10. The standard InChI is InChI=1S/C15H30O/c1-5-6-7-12-16-15(4)10-8-14(9-11-15)13(2)3/h13-14H,5-12H2,1-4H3. The monoisotopic (exact) mass is 226 g/mol. The smallest absolute Gasteiger partial charge is 0.0654 e. The van der Waals surface area contributed by atoms with E-state index in [1.54, 1.807) is 0 Å². The second kappa shape index (κ2) is 6.64. The van der Waals surface area contributed by atoms with Gasteiger partial charge in [0.15, 0.2) is 0 Å². The molecule has 1 heteroatoms. The molecule has 1 nitrogen and oxygen atoms in total. The largest absolute Gasteiger partial charge is 0.375 e. The first-order valence-corrected chi connectivity index (χ1v) is 7.21. The van der Waals surface area contributed by atoms with Crippen LogP contribution >= 0.6 is 0 Å². The van der Waals surface area contributed by atoms with Crippen LogP contribution in [0.15, 0.2) is 0 Å². The van der Waals surface area contributed by atoms with Gasteiger partial charge in [0.1, 0.15) is 0 Å². The summed E-state index contributed by atoms with van der Waals surface area (Å²) in [6, 6.07) is 0. The number of rotatable bonds is 6. The Kier molecular flexibility index (Phi) is 5.82. The van der Waals surface area contributed by atoms with Crippen LogP contribution in [0, 0.1) is 11.8 Å². The second-order valence-electron chi connectivity index (χ2n) is 6.09. The van der Waals surface area contributed by atoms with Crippen molar-refractivity contribution in [2.45, 2.75) is 78.2 Å². The Morgan fingerprint density at radius 2 is 1.81 bits per heavy atom. The van der Waals surface area contributed by atoms with Crippen molar-refractivity contribution in [3.8, 4) is 0 Å². The van der Waals surface area contributed by atoms with Gasteiger partial charge in [0.25, 0.3) is 0 Å². The molecule has 0 saturated heterocycles. The topological polar surface area (TPSA) is 9.23 Å². The van der Waals surface area contributed by atoms with Gasteiger partial charge in [-0.05, 0) is 50.9 Å². The van der Waals surface area contributed by atoms with Gasteiger partial charge in [0.05, 0.1) is 5.60 Å². The lowest BCUT2D eigenvalue weighted by Crippen LogP contribution is -2.35. The van der Waals surface area contributed by atoms with E-state index >= 15 is 0 Å². The first-order chi connectivity index (χ1) is 7.57. The predicted molar refractivity (Wildman–Crippen MR) is 70.7 cm³/mol. The van der Waals surface area contributed by atoms with Gasteiger partial charge in [0.2, 0.25) is 0 Å². The highest BCUT2D eigenvalue weighted by Crippen LogP contribution is 2.37. The van der Waals surface area contributed by atoms with Gasteiger partial charge < -0.3 is 4.74 Å². The van der Waals surface area contributed by atoms with Gasteiger partial charge in [-0.25, -0.2) is 0 Å². The number of ether oxygens (including phenoxy) is 1. The van der Waals surface area contributed by atoms with Crippen molar-refractivity contribution in [3.63, 3.8) is 0 Å². The molecule has 1 rings (SSSR count). The number of hydrogen-bond donors (Lipinski definition) is 0. The van der Waals surface area contributed by atoms with Crippen LogP contribution in [-0.2, 0) is 4.74 Å². The summed E-state index contributed by atoms with van der Waals surface area (Å²) in [5, 5.41) is 0. The van der Waals surface area contributed by atoms with Gasteiger partial charge in [-0.2, -0.15) is 0 Å². The molecule has 1 aliphatic rings. The van der Waals surface area contributed by atoms with Crippen molar-refractivity contribution in [2.75, 3.05) is 6.61 Å². The molecule has 0 heterocycles. The van der Waals surface area contributed by atoms with Crippen molar-refractivity contribution in [1.29, 1.82) is 0 Å². The maximum Gasteiger partial charge on any atom is 0.0654 e. The van der Waals surface area contributed by atoms with E-state index in [2.05, 4.69) is 27.7 Å². The summed E-state index contributed by atoms with van der Waals surface area (Å²) in [7, 11) is 0. The normalized spacial score (nSPS) is 30.9. The van der Waals surface area contributed by atoms with Crippen molar-refractivity contribution in [2.24, 2.45) is 11.8 Å².